The summed E-state index contributed by atoms with van der Waals surface area (Å²) < 4.78 is 4.72. The lowest BCUT2D eigenvalue weighted by atomic mass is 9.86. The van der Waals surface area contributed by atoms with Gasteiger partial charge in [-0.05, 0) is 33.5 Å². The molecule has 0 radical (unpaired) electrons. The molecule has 1 heterocycles. The lowest BCUT2D eigenvalue weighted by molar-refractivity contribution is -0.142. The molecule has 1 aliphatic heterocycles. The van der Waals surface area contributed by atoms with Crippen molar-refractivity contribution < 1.29 is 9.53 Å². The Hall–Kier alpha value is -0.610. The summed E-state index contributed by atoms with van der Waals surface area (Å²) in [4.78, 5) is 13.5. The van der Waals surface area contributed by atoms with Gasteiger partial charge in [-0.2, -0.15) is 0 Å². The number of esters is 1. The molecule has 0 aromatic rings. The van der Waals surface area contributed by atoms with Gasteiger partial charge in [-0.3, -0.25) is 4.79 Å². The van der Waals surface area contributed by atoms with E-state index in [1.165, 1.54) is 7.11 Å². The molecule has 0 spiro atoms. The molecule has 1 saturated heterocycles. The van der Waals surface area contributed by atoms with Crippen LogP contribution in [0.2, 0.25) is 0 Å². The number of likely N-dealkylation sites (N-methyl/N-ethyl adjacent to an activating group) is 2. The van der Waals surface area contributed by atoms with Gasteiger partial charge < -0.3 is 15.0 Å². The largest absolute Gasteiger partial charge is 0.469 e. The van der Waals surface area contributed by atoms with Crippen LogP contribution in [0.4, 0.5) is 0 Å². The summed E-state index contributed by atoms with van der Waals surface area (Å²) in [5, 5.41) is 3.27. The maximum Gasteiger partial charge on any atom is 0.307 e. The zero-order valence-electron chi connectivity index (χ0n) is 9.30. The van der Waals surface area contributed by atoms with Crippen molar-refractivity contribution in [2.75, 3.05) is 34.3 Å². The van der Waals surface area contributed by atoms with Crippen LogP contribution in [-0.4, -0.2) is 50.7 Å². The molecule has 4 nitrogen and oxygen atoms in total. The molecular formula is C10H20N2O2. The first-order valence-corrected chi connectivity index (χ1v) is 5.06. The summed E-state index contributed by atoms with van der Waals surface area (Å²) in [7, 11) is 5.45. The highest BCUT2D eigenvalue weighted by atomic mass is 16.5. The van der Waals surface area contributed by atoms with Crippen molar-refractivity contribution in [2.24, 2.45) is 0 Å². The van der Waals surface area contributed by atoms with Crippen molar-refractivity contribution in [1.29, 1.82) is 0 Å². The van der Waals surface area contributed by atoms with Crippen molar-refractivity contribution in [3.05, 3.63) is 0 Å². The number of nitrogens with one attached hydrogen (secondary N) is 1. The lowest BCUT2D eigenvalue weighted by Crippen LogP contribution is -2.55. The highest BCUT2D eigenvalue weighted by Gasteiger charge is 2.35. The van der Waals surface area contributed by atoms with E-state index in [0.29, 0.717) is 6.42 Å². The van der Waals surface area contributed by atoms with Gasteiger partial charge in [0.1, 0.15) is 0 Å². The Morgan fingerprint density at radius 1 is 1.64 bits per heavy atom. The highest BCUT2D eigenvalue weighted by Crippen LogP contribution is 2.23. The third-order valence-electron chi connectivity index (χ3n) is 3.01. The maximum atomic E-state index is 11.3. The number of methoxy groups -OCH3 is 1. The average molecular weight is 200 g/mol. The Kier molecular flexibility index (Phi) is 3.89. The molecule has 14 heavy (non-hydrogen) atoms. The first-order valence-electron chi connectivity index (χ1n) is 5.06. The van der Waals surface area contributed by atoms with Crippen molar-refractivity contribution >= 4 is 5.97 Å². The van der Waals surface area contributed by atoms with Gasteiger partial charge in [-0.25, -0.2) is 0 Å². The van der Waals surface area contributed by atoms with E-state index in [1.807, 2.05) is 7.05 Å². The first-order chi connectivity index (χ1) is 6.62. The number of likely N-dealkylation sites (tertiary alicyclic amines) is 1. The summed E-state index contributed by atoms with van der Waals surface area (Å²) in [6, 6.07) is 0. The Labute approximate surface area is 85.6 Å². The zero-order chi connectivity index (χ0) is 10.6. The van der Waals surface area contributed by atoms with Crippen LogP contribution in [0.15, 0.2) is 0 Å². The number of ether oxygens (including phenoxy) is 1. The van der Waals surface area contributed by atoms with Crippen molar-refractivity contribution in [3.63, 3.8) is 0 Å². The molecule has 1 N–H and O–H groups in total. The van der Waals surface area contributed by atoms with Crippen LogP contribution in [0.3, 0.4) is 0 Å². The topological polar surface area (TPSA) is 41.6 Å². The van der Waals surface area contributed by atoms with E-state index in [9.17, 15) is 4.79 Å². The van der Waals surface area contributed by atoms with Crippen LogP contribution < -0.4 is 5.32 Å². The van der Waals surface area contributed by atoms with E-state index in [0.717, 1.165) is 25.9 Å². The van der Waals surface area contributed by atoms with Gasteiger partial charge >= 0.3 is 5.97 Å². The summed E-state index contributed by atoms with van der Waals surface area (Å²) in [6.07, 6.45) is 2.64. The zero-order valence-corrected chi connectivity index (χ0v) is 9.30. The summed E-state index contributed by atoms with van der Waals surface area (Å²) in [5.74, 6) is -0.130. The number of nitrogens with zero attached hydrogens (tertiary/aromatic N) is 1. The molecule has 0 amide bonds. The van der Waals surface area contributed by atoms with Gasteiger partial charge in [-0.1, -0.05) is 0 Å². The van der Waals surface area contributed by atoms with E-state index in [1.54, 1.807) is 0 Å². The molecule has 1 unspecified atom stereocenters. The van der Waals surface area contributed by atoms with E-state index in [4.69, 9.17) is 4.74 Å². The van der Waals surface area contributed by atoms with Gasteiger partial charge in [0.2, 0.25) is 0 Å². The molecule has 1 fully saturated rings. The molecule has 0 bridgehead atoms. The lowest BCUT2D eigenvalue weighted by Gasteiger charge is -2.40. The Bertz CT molecular complexity index is 208. The molecule has 0 aliphatic carbocycles. The normalized spacial score (nSPS) is 28.8. The monoisotopic (exact) mass is 200 g/mol. The molecule has 1 aliphatic rings. The average Bonchev–Trinajstić information content (AvgIpc) is 2.17. The number of rotatable bonds is 3. The van der Waals surface area contributed by atoms with Crippen LogP contribution in [0.5, 0.6) is 0 Å². The predicted molar refractivity (Wildman–Crippen MR) is 55.2 cm³/mol. The Morgan fingerprint density at radius 2 is 2.36 bits per heavy atom. The maximum absolute atomic E-state index is 11.3. The van der Waals surface area contributed by atoms with Crippen LogP contribution >= 0.6 is 0 Å². The van der Waals surface area contributed by atoms with Gasteiger partial charge in [-0.15, -0.1) is 0 Å². The van der Waals surface area contributed by atoms with E-state index in [2.05, 4.69) is 17.3 Å². The highest BCUT2D eigenvalue weighted by molar-refractivity contribution is 5.70. The second-order valence-electron chi connectivity index (χ2n) is 4.12. The second kappa shape index (κ2) is 4.75. The molecule has 82 valence electrons. The molecule has 0 aromatic heterocycles. The molecule has 1 atom stereocenters. The molecule has 1 rings (SSSR count). The van der Waals surface area contributed by atoms with Crippen molar-refractivity contribution in [2.45, 2.75) is 24.8 Å². The van der Waals surface area contributed by atoms with E-state index >= 15 is 0 Å². The summed E-state index contributed by atoms with van der Waals surface area (Å²) >= 11 is 0. The fraction of sp³-hybridized carbons (Fsp3) is 0.900. The van der Waals surface area contributed by atoms with Crippen molar-refractivity contribution in [3.8, 4) is 0 Å². The smallest absolute Gasteiger partial charge is 0.307 e. The van der Waals surface area contributed by atoms with Gasteiger partial charge in [0.25, 0.3) is 0 Å². The summed E-state index contributed by atoms with van der Waals surface area (Å²) in [5.41, 5.74) is -0.0832. The Balaban J connectivity index is 2.60. The van der Waals surface area contributed by atoms with E-state index in [-0.39, 0.29) is 11.5 Å². The minimum absolute atomic E-state index is 0.0832. The fourth-order valence-electron chi connectivity index (χ4n) is 2.15. The molecule has 4 heteroatoms. The molecular weight excluding hydrogens is 180 g/mol. The van der Waals surface area contributed by atoms with Gasteiger partial charge in [0.05, 0.1) is 13.5 Å². The third kappa shape index (κ3) is 2.69. The first kappa shape index (κ1) is 11.5. The number of hydrogen-bond acceptors (Lipinski definition) is 4. The Morgan fingerprint density at radius 3 is 2.86 bits per heavy atom. The predicted octanol–water partition coefficient (Wildman–Crippen LogP) is 0.233. The SMILES string of the molecule is CNC1(CC(=O)OC)CCCN(C)C1. The fourth-order valence-corrected chi connectivity index (χ4v) is 2.15. The van der Waals surface area contributed by atoms with Crippen molar-refractivity contribution in [1.82, 2.24) is 10.2 Å². The minimum Gasteiger partial charge on any atom is -0.469 e. The number of carbonyl (C=O) groups excluding carboxylic acids is 1. The standard InChI is InChI=1S/C10H20N2O2/c1-11-10(7-9(13)14-3)5-4-6-12(2)8-10/h11H,4-8H2,1-3H3. The number of hydrogen-bond donors (Lipinski definition) is 1. The molecule has 0 aromatic carbocycles. The summed E-state index contributed by atoms with van der Waals surface area (Å²) in [6.45, 7) is 2.03. The third-order valence-corrected chi connectivity index (χ3v) is 3.01. The van der Waals surface area contributed by atoms with Crippen LogP contribution in [-0.2, 0) is 9.53 Å². The molecule has 0 saturated carbocycles. The van der Waals surface area contributed by atoms with Gasteiger partial charge in [0, 0.05) is 12.1 Å². The van der Waals surface area contributed by atoms with Gasteiger partial charge in [0.15, 0.2) is 0 Å². The van der Waals surface area contributed by atoms with Crippen LogP contribution in [0.1, 0.15) is 19.3 Å². The minimum atomic E-state index is -0.130. The van der Waals surface area contributed by atoms with Crippen LogP contribution in [0, 0.1) is 0 Å². The quantitative estimate of drug-likeness (QED) is 0.662. The number of carbonyl (C=O) groups is 1. The second-order valence-corrected chi connectivity index (χ2v) is 4.12. The van der Waals surface area contributed by atoms with E-state index < -0.39 is 0 Å². The van der Waals surface area contributed by atoms with Crippen LogP contribution in [0.25, 0.3) is 0 Å². The number of piperidine rings is 1.